The van der Waals surface area contributed by atoms with E-state index in [0.717, 1.165) is 29.4 Å². The topological polar surface area (TPSA) is 85.8 Å². The van der Waals surface area contributed by atoms with E-state index >= 15 is 0 Å². The molecule has 140 valence electrons. The number of aromatic nitrogens is 1. The molecule has 0 aliphatic carbocycles. The van der Waals surface area contributed by atoms with Crippen LogP contribution in [0.4, 0.5) is 0 Å². The molecule has 2 aromatic rings. The van der Waals surface area contributed by atoms with E-state index in [-0.39, 0.29) is 16.8 Å². The summed E-state index contributed by atoms with van der Waals surface area (Å²) in [6.45, 7) is 14.0. The van der Waals surface area contributed by atoms with Crippen molar-refractivity contribution >= 4 is 18.7 Å². The van der Waals surface area contributed by atoms with Crippen LogP contribution in [-0.2, 0) is 11.0 Å². The van der Waals surface area contributed by atoms with Crippen molar-refractivity contribution in [3.05, 3.63) is 30.0 Å². The van der Waals surface area contributed by atoms with E-state index in [1.807, 2.05) is 12.3 Å². The van der Waals surface area contributed by atoms with Crippen molar-refractivity contribution in [1.29, 1.82) is 0 Å². The second-order valence-electron chi connectivity index (χ2n) is 8.32. The molecular formula is C18H29N2O4P. The van der Waals surface area contributed by atoms with E-state index in [4.69, 9.17) is 14.3 Å². The zero-order chi connectivity index (χ0) is 19.0. The van der Waals surface area contributed by atoms with Crippen molar-refractivity contribution < 1.29 is 18.9 Å². The minimum Gasteiger partial charge on any atom is -0.404 e. The molecule has 0 atom stereocenters. The van der Waals surface area contributed by atoms with Crippen LogP contribution >= 0.6 is 7.82 Å². The number of H-pyrrole nitrogens is 1. The highest BCUT2D eigenvalue weighted by Gasteiger charge is 2.31. The predicted octanol–water partition coefficient (Wildman–Crippen LogP) is 4.08. The molecule has 0 unspecified atom stereocenters. The average Bonchev–Trinajstić information content (AvgIpc) is 2.78. The lowest BCUT2D eigenvalue weighted by molar-refractivity contribution is 0.0399. The molecule has 0 radical (unpaired) electrons. The molecule has 0 amide bonds. The van der Waals surface area contributed by atoms with Gasteiger partial charge in [-0.15, -0.1) is 0 Å². The lowest BCUT2D eigenvalue weighted by atomic mass is 9.95. The lowest BCUT2D eigenvalue weighted by Crippen LogP contribution is -2.53. The number of fused-ring (bicyclic) bond motifs is 1. The quantitative estimate of drug-likeness (QED) is 0.693. The largest absolute Gasteiger partial charge is 0.524 e. The highest BCUT2D eigenvalue weighted by molar-refractivity contribution is 7.46. The van der Waals surface area contributed by atoms with Crippen molar-refractivity contribution in [1.82, 2.24) is 9.88 Å². The van der Waals surface area contributed by atoms with Crippen molar-refractivity contribution in [2.45, 2.75) is 59.0 Å². The van der Waals surface area contributed by atoms with Crippen LogP contribution in [0.1, 0.15) is 47.1 Å². The monoisotopic (exact) mass is 368 g/mol. The molecule has 0 spiro atoms. The van der Waals surface area contributed by atoms with Gasteiger partial charge >= 0.3 is 7.82 Å². The zero-order valence-corrected chi connectivity index (χ0v) is 16.7. The third kappa shape index (κ3) is 5.08. The second kappa shape index (κ2) is 6.76. The number of aromatic amines is 1. The van der Waals surface area contributed by atoms with Crippen LogP contribution in [0.5, 0.6) is 5.75 Å². The molecule has 0 bridgehead atoms. The summed E-state index contributed by atoms with van der Waals surface area (Å²) >= 11 is 0. The van der Waals surface area contributed by atoms with Gasteiger partial charge in [0.15, 0.2) is 0 Å². The third-order valence-electron chi connectivity index (χ3n) is 4.19. The maximum absolute atomic E-state index is 11.3. The molecule has 0 aliphatic rings. The SMILES string of the molecule is CC(C)(C)N(CCc1c[nH]c2cccc(OP(=O)(O)O)c12)C(C)(C)C. The minimum atomic E-state index is -4.60. The second-order valence-corrected chi connectivity index (χ2v) is 9.48. The van der Waals surface area contributed by atoms with E-state index in [1.54, 1.807) is 12.1 Å². The number of nitrogens with zero attached hydrogens (tertiary/aromatic N) is 1. The van der Waals surface area contributed by atoms with Gasteiger partial charge < -0.3 is 9.51 Å². The van der Waals surface area contributed by atoms with Crippen molar-refractivity contribution in [2.75, 3.05) is 6.54 Å². The van der Waals surface area contributed by atoms with Crippen molar-refractivity contribution in [3.8, 4) is 5.75 Å². The van der Waals surface area contributed by atoms with E-state index in [1.165, 1.54) is 0 Å². The number of phosphoric ester groups is 1. The Kier molecular flexibility index (Phi) is 5.41. The first-order chi connectivity index (χ1) is 11.3. The summed E-state index contributed by atoms with van der Waals surface area (Å²) in [6.07, 6.45) is 2.64. The Morgan fingerprint density at radius 1 is 1.12 bits per heavy atom. The molecule has 2 rings (SSSR count). The van der Waals surface area contributed by atoms with Gasteiger partial charge in [0.05, 0.1) is 0 Å². The molecule has 1 aromatic carbocycles. The van der Waals surface area contributed by atoms with Crippen LogP contribution in [0, 0.1) is 0 Å². The Morgan fingerprint density at radius 2 is 1.72 bits per heavy atom. The summed E-state index contributed by atoms with van der Waals surface area (Å²) < 4.78 is 16.1. The predicted molar refractivity (Wildman–Crippen MR) is 101 cm³/mol. The first kappa shape index (κ1) is 20.0. The number of hydrogen-bond donors (Lipinski definition) is 3. The number of phosphoric acid groups is 1. The van der Waals surface area contributed by atoms with Crippen LogP contribution in [-0.4, -0.2) is 37.3 Å². The lowest BCUT2D eigenvalue weighted by Gasteiger charge is -2.45. The number of nitrogens with one attached hydrogen (secondary N) is 1. The molecule has 0 aliphatic heterocycles. The maximum atomic E-state index is 11.3. The fourth-order valence-electron chi connectivity index (χ4n) is 3.53. The summed E-state index contributed by atoms with van der Waals surface area (Å²) in [4.78, 5) is 23.9. The first-order valence-corrected chi connectivity index (χ1v) is 9.94. The van der Waals surface area contributed by atoms with Crippen LogP contribution in [0.3, 0.4) is 0 Å². The van der Waals surface area contributed by atoms with Gasteiger partial charge in [-0.05, 0) is 65.7 Å². The summed E-state index contributed by atoms with van der Waals surface area (Å²) in [7, 11) is -4.60. The summed E-state index contributed by atoms with van der Waals surface area (Å²) in [5.74, 6) is 0.208. The fourth-order valence-corrected chi connectivity index (χ4v) is 3.94. The molecule has 1 aromatic heterocycles. The molecule has 3 N–H and O–H groups in total. The fraction of sp³-hybridized carbons (Fsp3) is 0.556. The highest BCUT2D eigenvalue weighted by Crippen LogP contribution is 2.41. The molecular weight excluding hydrogens is 339 g/mol. The van der Waals surface area contributed by atoms with Gasteiger partial charge in [0.25, 0.3) is 0 Å². The number of benzene rings is 1. The summed E-state index contributed by atoms with van der Waals surface area (Å²) in [6, 6.07) is 5.17. The molecule has 0 fully saturated rings. The Hall–Kier alpha value is -1.33. The number of hydrogen-bond acceptors (Lipinski definition) is 3. The molecule has 1 heterocycles. The Bertz CT molecular complexity index is 766. The average molecular weight is 368 g/mol. The molecule has 25 heavy (non-hydrogen) atoms. The van der Waals surface area contributed by atoms with E-state index < -0.39 is 7.82 Å². The van der Waals surface area contributed by atoms with Crippen LogP contribution in [0.25, 0.3) is 10.9 Å². The third-order valence-corrected chi connectivity index (χ3v) is 4.63. The van der Waals surface area contributed by atoms with Gasteiger partial charge in [0.1, 0.15) is 5.75 Å². The van der Waals surface area contributed by atoms with Gasteiger partial charge in [-0.25, -0.2) is 4.57 Å². The van der Waals surface area contributed by atoms with Crippen LogP contribution in [0.2, 0.25) is 0 Å². The van der Waals surface area contributed by atoms with E-state index in [9.17, 15) is 4.57 Å². The molecule has 7 heteroatoms. The first-order valence-electron chi connectivity index (χ1n) is 8.41. The van der Waals surface area contributed by atoms with Crippen molar-refractivity contribution in [3.63, 3.8) is 0 Å². The van der Waals surface area contributed by atoms with Gasteiger partial charge in [0, 0.05) is 34.7 Å². The smallest absolute Gasteiger partial charge is 0.404 e. The maximum Gasteiger partial charge on any atom is 0.524 e. The molecule has 0 saturated carbocycles. The Labute approximate surface area is 149 Å². The number of rotatable bonds is 5. The van der Waals surface area contributed by atoms with Crippen molar-refractivity contribution in [2.24, 2.45) is 0 Å². The van der Waals surface area contributed by atoms with Crippen LogP contribution < -0.4 is 4.52 Å². The molecule has 6 nitrogen and oxygen atoms in total. The minimum absolute atomic E-state index is 0.00952. The Balaban J connectivity index is 2.34. The Morgan fingerprint density at radius 3 is 2.24 bits per heavy atom. The zero-order valence-electron chi connectivity index (χ0n) is 15.8. The summed E-state index contributed by atoms with van der Waals surface area (Å²) in [5, 5.41) is 0.730. The normalized spacial score (nSPS) is 13.6. The highest BCUT2D eigenvalue weighted by atomic mass is 31.2. The van der Waals surface area contributed by atoms with E-state index in [0.29, 0.717) is 0 Å². The van der Waals surface area contributed by atoms with Gasteiger partial charge in [0.2, 0.25) is 0 Å². The van der Waals surface area contributed by atoms with Gasteiger partial charge in [-0.2, -0.15) is 0 Å². The molecule has 0 saturated heterocycles. The van der Waals surface area contributed by atoms with Gasteiger partial charge in [-0.1, -0.05) is 6.07 Å². The van der Waals surface area contributed by atoms with E-state index in [2.05, 4.69) is 51.4 Å². The van der Waals surface area contributed by atoms with Crippen LogP contribution in [0.15, 0.2) is 24.4 Å². The summed E-state index contributed by atoms with van der Waals surface area (Å²) in [5.41, 5.74) is 1.81. The standard InChI is InChI=1S/C18H29N2O4P/c1-17(2,3)20(18(4,5)6)11-10-13-12-19-14-8-7-9-15(16(13)14)24-25(21,22)23/h7-9,12,19H,10-11H2,1-6H3,(H2,21,22,23). The van der Waals surface area contributed by atoms with Gasteiger partial charge in [-0.3, -0.25) is 14.7 Å².